The summed E-state index contributed by atoms with van der Waals surface area (Å²) in [5.74, 6) is -0.281. The Morgan fingerprint density at radius 1 is 1.36 bits per heavy atom. The highest BCUT2D eigenvalue weighted by molar-refractivity contribution is 5.83. The number of rotatable bonds is 5. The van der Waals surface area contributed by atoms with Gasteiger partial charge >= 0.3 is 0 Å². The van der Waals surface area contributed by atoms with Crippen LogP contribution in [0.15, 0.2) is 30.3 Å². The lowest BCUT2D eigenvalue weighted by Crippen LogP contribution is -2.17. The smallest absolute Gasteiger partial charge is 0.167 e. The lowest BCUT2D eigenvalue weighted by Gasteiger charge is -2.06. The maximum Gasteiger partial charge on any atom is 0.167 e. The maximum atomic E-state index is 13.3. The van der Waals surface area contributed by atoms with Crippen LogP contribution in [0.3, 0.4) is 0 Å². The van der Waals surface area contributed by atoms with E-state index in [4.69, 9.17) is 0 Å². The topological polar surface area (TPSA) is 17.1 Å². The number of alkyl halides is 1. The molecule has 0 fully saturated rings. The summed E-state index contributed by atoms with van der Waals surface area (Å²) in [6.45, 7) is 1.88. The van der Waals surface area contributed by atoms with Gasteiger partial charge in [-0.25, -0.2) is 4.39 Å². The van der Waals surface area contributed by atoms with Gasteiger partial charge in [0.1, 0.15) is 0 Å². The Labute approximate surface area is 83.9 Å². The van der Waals surface area contributed by atoms with Crippen molar-refractivity contribution in [1.29, 1.82) is 0 Å². The van der Waals surface area contributed by atoms with Gasteiger partial charge in [-0.05, 0) is 12.0 Å². The fourth-order valence-corrected chi connectivity index (χ4v) is 1.34. The number of hydrogen-bond acceptors (Lipinski definition) is 1. The van der Waals surface area contributed by atoms with Crippen molar-refractivity contribution in [2.75, 3.05) is 0 Å². The molecule has 0 radical (unpaired) electrons. The lowest BCUT2D eigenvalue weighted by atomic mass is 10.0. The average Bonchev–Trinajstić information content (AvgIpc) is 2.19. The van der Waals surface area contributed by atoms with Crippen molar-refractivity contribution in [3.05, 3.63) is 35.9 Å². The van der Waals surface area contributed by atoms with Crippen LogP contribution in [-0.4, -0.2) is 12.0 Å². The second-order valence-electron chi connectivity index (χ2n) is 3.37. The third-order valence-corrected chi connectivity index (χ3v) is 2.10. The first-order valence-electron chi connectivity index (χ1n) is 4.94. The van der Waals surface area contributed by atoms with E-state index in [0.717, 1.165) is 5.56 Å². The number of ketones is 1. The molecule has 0 aliphatic rings. The van der Waals surface area contributed by atoms with Gasteiger partial charge in [-0.1, -0.05) is 37.3 Å². The molecule has 0 heterocycles. The maximum absolute atomic E-state index is 13.3. The molecule has 0 amide bonds. The Bertz CT molecular complexity index is 282. The van der Waals surface area contributed by atoms with Crippen molar-refractivity contribution in [3.8, 4) is 0 Å². The highest BCUT2D eigenvalue weighted by Crippen LogP contribution is 2.08. The first-order chi connectivity index (χ1) is 6.74. The van der Waals surface area contributed by atoms with E-state index in [-0.39, 0.29) is 12.2 Å². The molecule has 0 unspecified atom stereocenters. The van der Waals surface area contributed by atoms with Gasteiger partial charge in [0, 0.05) is 12.8 Å². The fourth-order valence-electron chi connectivity index (χ4n) is 1.34. The largest absolute Gasteiger partial charge is 0.296 e. The Kier molecular flexibility index (Phi) is 4.30. The summed E-state index contributed by atoms with van der Waals surface area (Å²) < 4.78 is 13.3. The monoisotopic (exact) mass is 194 g/mol. The van der Waals surface area contributed by atoms with E-state index in [9.17, 15) is 9.18 Å². The van der Waals surface area contributed by atoms with Gasteiger partial charge in [0.2, 0.25) is 0 Å². The normalized spacial score (nSPS) is 12.4. The van der Waals surface area contributed by atoms with Crippen LogP contribution in [0, 0.1) is 0 Å². The van der Waals surface area contributed by atoms with Crippen LogP contribution in [0.25, 0.3) is 0 Å². The number of carbonyl (C=O) groups excluding carboxylic acids is 1. The van der Waals surface area contributed by atoms with Gasteiger partial charge < -0.3 is 0 Å². The van der Waals surface area contributed by atoms with Crippen LogP contribution < -0.4 is 0 Å². The molecule has 0 bridgehead atoms. The van der Waals surface area contributed by atoms with E-state index >= 15 is 0 Å². The average molecular weight is 194 g/mol. The van der Waals surface area contributed by atoms with E-state index in [1.54, 1.807) is 0 Å². The highest BCUT2D eigenvalue weighted by Gasteiger charge is 2.15. The van der Waals surface area contributed by atoms with Gasteiger partial charge in [0.15, 0.2) is 12.0 Å². The van der Waals surface area contributed by atoms with Crippen LogP contribution in [0.1, 0.15) is 25.3 Å². The number of hydrogen-bond donors (Lipinski definition) is 0. The first-order valence-corrected chi connectivity index (χ1v) is 4.94. The van der Waals surface area contributed by atoms with Gasteiger partial charge in [-0.15, -0.1) is 0 Å². The Balaban J connectivity index is 2.49. The molecule has 0 aliphatic carbocycles. The predicted octanol–water partition coefficient (Wildman–Crippen LogP) is 2.94. The summed E-state index contributed by atoms with van der Waals surface area (Å²) in [6.07, 6.45) is -0.0702. The van der Waals surface area contributed by atoms with Gasteiger partial charge in [-0.2, -0.15) is 0 Å². The van der Waals surface area contributed by atoms with E-state index in [1.165, 1.54) is 0 Å². The third-order valence-electron chi connectivity index (χ3n) is 2.10. The Morgan fingerprint density at radius 3 is 2.57 bits per heavy atom. The van der Waals surface area contributed by atoms with Crippen molar-refractivity contribution >= 4 is 5.78 Å². The molecule has 76 valence electrons. The number of benzene rings is 1. The fraction of sp³-hybridized carbons (Fsp3) is 0.417. The highest BCUT2D eigenvalue weighted by atomic mass is 19.1. The second kappa shape index (κ2) is 5.53. The van der Waals surface area contributed by atoms with E-state index in [2.05, 4.69) is 0 Å². The summed E-state index contributed by atoms with van der Waals surface area (Å²) in [5, 5.41) is 0. The molecule has 1 aromatic rings. The molecule has 14 heavy (non-hydrogen) atoms. The molecule has 0 saturated heterocycles. The minimum atomic E-state index is -1.34. The molecular weight excluding hydrogens is 179 g/mol. The van der Waals surface area contributed by atoms with E-state index < -0.39 is 6.17 Å². The molecule has 0 spiro atoms. The summed E-state index contributed by atoms with van der Waals surface area (Å²) in [4.78, 5) is 11.2. The zero-order chi connectivity index (χ0) is 10.4. The van der Waals surface area contributed by atoms with Crippen molar-refractivity contribution in [2.45, 2.75) is 32.4 Å². The molecule has 1 atom stereocenters. The van der Waals surface area contributed by atoms with Crippen molar-refractivity contribution in [2.24, 2.45) is 0 Å². The van der Waals surface area contributed by atoms with E-state index in [1.807, 2.05) is 37.3 Å². The third kappa shape index (κ3) is 3.29. The van der Waals surface area contributed by atoms with Crippen molar-refractivity contribution < 1.29 is 9.18 Å². The second-order valence-corrected chi connectivity index (χ2v) is 3.37. The molecule has 0 aliphatic heterocycles. The van der Waals surface area contributed by atoms with Crippen LogP contribution in [0.2, 0.25) is 0 Å². The summed E-state index contributed by atoms with van der Waals surface area (Å²) >= 11 is 0. The minimum absolute atomic E-state index is 0.208. The van der Waals surface area contributed by atoms with Crippen LogP contribution in [0.4, 0.5) is 4.39 Å². The molecule has 0 aromatic heterocycles. The molecule has 2 heteroatoms. The van der Waals surface area contributed by atoms with Crippen molar-refractivity contribution in [3.63, 3.8) is 0 Å². The minimum Gasteiger partial charge on any atom is -0.296 e. The van der Waals surface area contributed by atoms with Gasteiger partial charge in [0.25, 0.3) is 0 Å². The molecule has 1 nitrogen and oxygen atoms in total. The number of Topliss-reactive ketones (excluding diaryl/α,β-unsaturated/α-hetero) is 1. The summed E-state index contributed by atoms with van der Waals surface area (Å²) in [6, 6.07) is 9.26. The molecule has 1 rings (SSSR count). The standard InChI is InChI=1S/C12H15FO/c1-2-6-12(14)11(13)9-10-7-4-3-5-8-10/h3-5,7-8,11H,2,6,9H2,1H3/t11-/m0/s1. The van der Waals surface area contributed by atoms with Crippen molar-refractivity contribution in [1.82, 2.24) is 0 Å². The SMILES string of the molecule is CCCC(=O)[C@@H](F)Cc1ccccc1. The van der Waals surface area contributed by atoms with Crippen LogP contribution in [0.5, 0.6) is 0 Å². The molecule has 0 N–H and O–H groups in total. The van der Waals surface area contributed by atoms with Gasteiger partial charge in [0.05, 0.1) is 0 Å². The van der Waals surface area contributed by atoms with Crippen LogP contribution >= 0.6 is 0 Å². The summed E-state index contributed by atoms with van der Waals surface area (Å²) in [5.41, 5.74) is 0.879. The van der Waals surface area contributed by atoms with E-state index in [0.29, 0.717) is 12.8 Å². The lowest BCUT2D eigenvalue weighted by molar-refractivity contribution is -0.123. The van der Waals surface area contributed by atoms with Gasteiger partial charge in [-0.3, -0.25) is 4.79 Å². The molecule has 0 saturated carbocycles. The number of halogens is 1. The molecular formula is C12H15FO. The quantitative estimate of drug-likeness (QED) is 0.704. The zero-order valence-corrected chi connectivity index (χ0v) is 8.37. The predicted molar refractivity (Wildman–Crippen MR) is 55.0 cm³/mol. The number of carbonyl (C=O) groups is 1. The van der Waals surface area contributed by atoms with Crippen LogP contribution in [-0.2, 0) is 11.2 Å². The zero-order valence-electron chi connectivity index (χ0n) is 8.37. The molecule has 1 aromatic carbocycles. The summed E-state index contributed by atoms with van der Waals surface area (Å²) in [7, 11) is 0. The first kappa shape index (κ1) is 10.9. The Hall–Kier alpha value is -1.18. The Morgan fingerprint density at radius 2 is 2.00 bits per heavy atom.